The molecule has 0 aromatic carbocycles. The number of anilines is 2. The van der Waals surface area contributed by atoms with Crippen LogP contribution in [0.1, 0.15) is 32.6 Å². The molecule has 0 amide bonds. The third kappa shape index (κ3) is 4.12. The summed E-state index contributed by atoms with van der Waals surface area (Å²) < 4.78 is 5.27. The van der Waals surface area contributed by atoms with Crippen LogP contribution in [0.3, 0.4) is 0 Å². The van der Waals surface area contributed by atoms with Crippen molar-refractivity contribution >= 4 is 23.7 Å². The molecule has 0 spiro atoms. The number of nitrogens with two attached hydrogens (primary N) is 1. The van der Waals surface area contributed by atoms with Crippen LogP contribution >= 0.6 is 11.8 Å². The molecule has 1 saturated carbocycles. The lowest BCUT2D eigenvalue weighted by atomic mass is 9.95. The highest BCUT2D eigenvalue weighted by Gasteiger charge is 2.22. The summed E-state index contributed by atoms with van der Waals surface area (Å²) in [4.78, 5) is 12.3. The Hall–Kier alpha value is -1.24. The number of hydrogen-bond donors (Lipinski definition) is 2. The van der Waals surface area contributed by atoms with Crippen molar-refractivity contribution in [3.05, 3.63) is 0 Å². The van der Waals surface area contributed by atoms with Crippen molar-refractivity contribution in [2.24, 2.45) is 0 Å². The van der Waals surface area contributed by atoms with Gasteiger partial charge in [-0.25, -0.2) is 0 Å². The van der Waals surface area contributed by atoms with Gasteiger partial charge < -0.3 is 15.8 Å². The molecule has 2 unspecified atom stereocenters. The Balaban J connectivity index is 2.01. The number of nitrogens with zero attached hydrogens (tertiary/aromatic N) is 3. The molecule has 1 fully saturated rings. The van der Waals surface area contributed by atoms with Gasteiger partial charge in [0.1, 0.15) is 0 Å². The van der Waals surface area contributed by atoms with Gasteiger partial charge in [-0.3, -0.25) is 0 Å². The van der Waals surface area contributed by atoms with E-state index >= 15 is 0 Å². The molecule has 1 aromatic heterocycles. The van der Waals surface area contributed by atoms with Gasteiger partial charge in [-0.2, -0.15) is 26.7 Å². The summed E-state index contributed by atoms with van der Waals surface area (Å²) in [5, 5.41) is 4.07. The van der Waals surface area contributed by atoms with Crippen molar-refractivity contribution in [2.75, 3.05) is 23.9 Å². The normalized spacial score (nSPS) is 23.1. The average molecular weight is 283 g/mol. The van der Waals surface area contributed by atoms with E-state index in [0.717, 1.165) is 18.1 Å². The Kier molecular flexibility index (Phi) is 5.07. The van der Waals surface area contributed by atoms with Crippen LogP contribution in [-0.4, -0.2) is 39.1 Å². The van der Waals surface area contributed by atoms with E-state index in [1.807, 2.05) is 18.7 Å². The minimum Gasteiger partial charge on any atom is -0.464 e. The molecule has 1 heterocycles. The monoisotopic (exact) mass is 283 g/mol. The predicted octanol–water partition coefficient (Wildman–Crippen LogP) is 1.94. The summed E-state index contributed by atoms with van der Waals surface area (Å²) >= 11 is 1.93. The number of hydrogen-bond acceptors (Lipinski definition) is 7. The van der Waals surface area contributed by atoms with Crippen LogP contribution in [0, 0.1) is 0 Å². The molecule has 3 N–H and O–H groups in total. The average Bonchev–Trinajstić information content (AvgIpc) is 2.38. The van der Waals surface area contributed by atoms with Crippen LogP contribution in [0.15, 0.2) is 0 Å². The standard InChI is InChI=1S/C12H21N5OS/c1-3-18-12-16-10(13)15-11(17-12)14-8-5-4-6-9(7-8)19-2/h8-9H,3-7H2,1-2H3,(H3,13,14,15,16,17). The van der Waals surface area contributed by atoms with Gasteiger partial charge in [0.2, 0.25) is 11.9 Å². The number of nitrogens with one attached hydrogen (secondary N) is 1. The SMILES string of the molecule is CCOc1nc(N)nc(NC2CCCC(SC)C2)n1. The van der Waals surface area contributed by atoms with Crippen LogP contribution in [0.2, 0.25) is 0 Å². The smallest absolute Gasteiger partial charge is 0.323 e. The van der Waals surface area contributed by atoms with Crippen LogP contribution in [0.25, 0.3) is 0 Å². The summed E-state index contributed by atoms with van der Waals surface area (Å²) in [7, 11) is 0. The molecule has 1 aliphatic rings. The van der Waals surface area contributed by atoms with E-state index in [2.05, 4.69) is 26.5 Å². The Bertz CT molecular complexity index is 417. The van der Waals surface area contributed by atoms with Gasteiger partial charge in [-0.1, -0.05) is 6.42 Å². The first-order valence-electron chi connectivity index (χ1n) is 6.65. The topological polar surface area (TPSA) is 86.0 Å². The van der Waals surface area contributed by atoms with Crippen molar-refractivity contribution in [1.29, 1.82) is 0 Å². The zero-order valence-electron chi connectivity index (χ0n) is 11.4. The Morgan fingerprint density at radius 3 is 2.95 bits per heavy atom. The summed E-state index contributed by atoms with van der Waals surface area (Å²) in [6.07, 6.45) is 6.98. The second-order valence-corrected chi connectivity index (χ2v) is 5.74. The van der Waals surface area contributed by atoms with Gasteiger partial charge in [0.15, 0.2) is 0 Å². The van der Waals surface area contributed by atoms with Gasteiger partial charge in [-0.15, -0.1) is 0 Å². The summed E-state index contributed by atoms with van der Waals surface area (Å²) in [6, 6.07) is 0.692. The van der Waals surface area contributed by atoms with Gasteiger partial charge >= 0.3 is 6.01 Å². The minimum absolute atomic E-state index is 0.193. The lowest BCUT2D eigenvalue weighted by molar-refractivity contribution is 0.312. The van der Waals surface area contributed by atoms with Crippen LogP contribution in [0.5, 0.6) is 6.01 Å². The van der Waals surface area contributed by atoms with Gasteiger partial charge in [0, 0.05) is 11.3 Å². The third-order valence-electron chi connectivity index (χ3n) is 3.20. The quantitative estimate of drug-likeness (QED) is 0.854. The van der Waals surface area contributed by atoms with E-state index in [4.69, 9.17) is 10.5 Å². The fraction of sp³-hybridized carbons (Fsp3) is 0.750. The van der Waals surface area contributed by atoms with E-state index in [-0.39, 0.29) is 12.0 Å². The first-order chi connectivity index (χ1) is 9.21. The molecule has 0 aliphatic heterocycles. The van der Waals surface area contributed by atoms with Crippen molar-refractivity contribution < 1.29 is 4.74 Å². The lowest BCUT2D eigenvalue weighted by Crippen LogP contribution is -2.29. The Morgan fingerprint density at radius 2 is 2.21 bits per heavy atom. The highest BCUT2D eigenvalue weighted by atomic mass is 32.2. The number of ether oxygens (including phenoxy) is 1. The summed E-state index contributed by atoms with van der Waals surface area (Å²) in [6.45, 7) is 2.40. The maximum atomic E-state index is 5.66. The number of rotatable bonds is 5. The molecular weight excluding hydrogens is 262 g/mol. The number of aromatic nitrogens is 3. The summed E-state index contributed by atoms with van der Waals surface area (Å²) in [5.74, 6) is 0.709. The van der Waals surface area contributed by atoms with Crippen molar-refractivity contribution in [2.45, 2.75) is 43.9 Å². The zero-order chi connectivity index (χ0) is 13.7. The maximum Gasteiger partial charge on any atom is 0.323 e. The molecule has 1 aromatic rings. The number of thioether (sulfide) groups is 1. The van der Waals surface area contributed by atoms with Gasteiger partial charge in [-0.05, 0) is 32.4 Å². The molecule has 19 heavy (non-hydrogen) atoms. The summed E-state index contributed by atoms with van der Waals surface area (Å²) in [5.41, 5.74) is 5.66. The highest BCUT2D eigenvalue weighted by Crippen LogP contribution is 2.28. The van der Waals surface area contributed by atoms with E-state index in [1.165, 1.54) is 12.8 Å². The maximum absolute atomic E-state index is 5.66. The molecule has 106 valence electrons. The van der Waals surface area contributed by atoms with E-state index in [0.29, 0.717) is 18.6 Å². The molecule has 0 radical (unpaired) electrons. The highest BCUT2D eigenvalue weighted by molar-refractivity contribution is 7.99. The van der Waals surface area contributed by atoms with Crippen molar-refractivity contribution in [1.82, 2.24) is 15.0 Å². The lowest BCUT2D eigenvalue weighted by Gasteiger charge is -2.28. The molecule has 2 atom stereocenters. The molecule has 0 saturated heterocycles. The van der Waals surface area contributed by atoms with E-state index in [9.17, 15) is 0 Å². The number of nitrogen functional groups attached to an aromatic ring is 1. The van der Waals surface area contributed by atoms with Crippen molar-refractivity contribution in [3.8, 4) is 6.01 Å². The van der Waals surface area contributed by atoms with Gasteiger partial charge in [0.05, 0.1) is 6.61 Å². The van der Waals surface area contributed by atoms with E-state index in [1.54, 1.807) is 0 Å². The second-order valence-electron chi connectivity index (χ2n) is 4.60. The zero-order valence-corrected chi connectivity index (χ0v) is 12.2. The molecular formula is C12H21N5OS. The van der Waals surface area contributed by atoms with Crippen LogP contribution in [0.4, 0.5) is 11.9 Å². The van der Waals surface area contributed by atoms with Gasteiger partial charge in [0.25, 0.3) is 0 Å². The van der Waals surface area contributed by atoms with Crippen molar-refractivity contribution in [3.63, 3.8) is 0 Å². The molecule has 2 rings (SSSR count). The first-order valence-corrected chi connectivity index (χ1v) is 7.93. The molecule has 7 heteroatoms. The minimum atomic E-state index is 0.193. The molecule has 6 nitrogen and oxygen atoms in total. The predicted molar refractivity (Wildman–Crippen MR) is 78.6 cm³/mol. The Labute approximate surface area is 117 Å². The largest absolute Gasteiger partial charge is 0.464 e. The fourth-order valence-electron chi connectivity index (χ4n) is 2.30. The fourth-order valence-corrected chi connectivity index (χ4v) is 3.13. The molecule has 0 bridgehead atoms. The first kappa shape index (κ1) is 14.2. The van der Waals surface area contributed by atoms with E-state index < -0.39 is 0 Å². The van der Waals surface area contributed by atoms with Crippen LogP contribution in [-0.2, 0) is 0 Å². The second kappa shape index (κ2) is 6.79. The third-order valence-corrected chi connectivity index (χ3v) is 4.29. The molecule has 1 aliphatic carbocycles. The Morgan fingerprint density at radius 1 is 1.37 bits per heavy atom. The van der Waals surface area contributed by atoms with Crippen LogP contribution < -0.4 is 15.8 Å².